The summed E-state index contributed by atoms with van der Waals surface area (Å²) in [6.07, 6.45) is 2.21. The van der Waals surface area contributed by atoms with E-state index < -0.39 is 0 Å². The molecule has 3 aromatic carbocycles. The smallest absolute Gasteiger partial charge is 0.288 e. The van der Waals surface area contributed by atoms with Crippen LogP contribution in [0.25, 0.3) is 28.1 Å². The van der Waals surface area contributed by atoms with Crippen LogP contribution in [0, 0.1) is 0 Å². The van der Waals surface area contributed by atoms with Crippen LogP contribution in [0.4, 0.5) is 0 Å². The fraction of sp³-hybridized carbons (Fsp3) is 0.160. The summed E-state index contributed by atoms with van der Waals surface area (Å²) in [7, 11) is 1.69. The molecule has 0 atom stereocenters. The monoisotopic (exact) mass is 383 g/mol. The van der Waals surface area contributed by atoms with Gasteiger partial charge in [0.15, 0.2) is 5.69 Å². The Bertz CT molecular complexity index is 1110. The number of imidazole rings is 1. The lowest BCUT2D eigenvalue weighted by Gasteiger charge is -2.12. The maximum atomic E-state index is 5.76. The molecule has 1 aliphatic rings. The lowest BCUT2D eigenvalue weighted by Crippen LogP contribution is -2.45. The minimum atomic E-state index is 0.605. The molecular weight excluding hydrogens is 360 g/mol. The lowest BCUT2D eigenvalue weighted by molar-refractivity contribution is -0.706. The Balaban J connectivity index is 1.55. The maximum absolute atomic E-state index is 5.76. The van der Waals surface area contributed by atoms with Gasteiger partial charge in [0.1, 0.15) is 30.8 Å². The summed E-state index contributed by atoms with van der Waals surface area (Å²) < 4.78 is 15.7. The molecule has 0 bridgehead atoms. The first-order valence-corrected chi connectivity index (χ1v) is 9.85. The van der Waals surface area contributed by atoms with Crippen molar-refractivity contribution in [3.63, 3.8) is 0 Å². The van der Waals surface area contributed by atoms with Gasteiger partial charge in [-0.05, 0) is 47.5 Å². The maximum Gasteiger partial charge on any atom is 0.288 e. The van der Waals surface area contributed by atoms with E-state index in [1.54, 1.807) is 7.11 Å². The van der Waals surface area contributed by atoms with Gasteiger partial charge in [0.25, 0.3) is 5.82 Å². The third-order valence-corrected chi connectivity index (χ3v) is 5.46. The highest BCUT2D eigenvalue weighted by atomic mass is 16.5. The fourth-order valence-corrected chi connectivity index (χ4v) is 3.91. The predicted molar refractivity (Wildman–Crippen MR) is 113 cm³/mol. The zero-order chi connectivity index (χ0) is 19.6. The number of rotatable bonds is 4. The van der Waals surface area contributed by atoms with Gasteiger partial charge in [-0.25, -0.2) is 4.57 Å². The Hall–Kier alpha value is -3.37. The predicted octanol–water partition coefficient (Wildman–Crippen LogP) is 4.64. The molecule has 0 aliphatic carbocycles. The fourth-order valence-electron chi connectivity index (χ4n) is 3.91. The first-order chi connectivity index (χ1) is 14.3. The van der Waals surface area contributed by atoms with Crippen molar-refractivity contribution in [2.45, 2.75) is 13.2 Å². The molecule has 1 aliphatic heterocycles. The molecular formula is C25H23N2O2+. The van der Waals surface area contributed by atoms with Gasteiger partial charge in [0.05, 0.1) is 13.7 Å². The zero-order valence-electron chi connectivity index (χ0n) is 16.4. The molecule has 2 heterocycles. The molecule has 0 spiro atoms. The van der Waals surface area contributed by atoms with Crippen LogP contribution < -0.4 is 9.30 Å². The molecule has 0 unspecified atom stereocenters. The molecule has 0 amide bonds. The molecule has 0 saturated carbocycles. The van der Waals surface area contributed by atoms with E-state index in [1.807, 2.05) is 18.2 Å². The van der Waals surface area contributed by atoms with Crippen molar-refractivity contribution < 1.29 is 14.0 Å². The number of benzene rings is 3. The van der Waals surface area contributed by atoms with E-state index in [1.165, 1.54) is 22.4 Å². The molecule has 1 aromatic heterocycles. The zero-order valence-corrected chi connectivity index (χ0v) is 16.4. The molecule has 0 fully saturated rings. The number of aromatic nitrogens is 2. The van der Waals surface area contributed by atoms with E-state index in [0.717, 1.165) is 30.4 Å². The van der Waals surface area contributed by atoms with Gasteiger partial charge in [-0.1, -0.05) is 42.5 Å². The van der Waals surface area contributed by atoms with Gasteiger partial charge >= 0.3 is 0 Å². The molecule has 144 valence electrons. The van der Waals surface area contributed by atoms with E-state index in [4.69, 9.17) is 9.47 Å². The summed E-state index contributed by atoms with van der Waals surface area (Å²) in [6.45, 7) is 2.20. The second-order valence-electron chi connectivity index (χ2n) is 7.15. The van der Waals surface area contributed by atoms with E-state index in [-0.39, 0.29) is 0 Å². The number of hydrogen-bond acceptors (Lipinski definition) is 2. The number of methoxy groups -OCH3 is 1. The standard InChI is InChI=1S/C25H23N2O2/c1-28-23-13-11-22(12-14-23)27-17-24(26-15-16-29-18-25(26)27)21-9-7-20(8-10-21)19-5-3-2-4-6-19/h2-14,17H,15-16,18H2,1H3/q+1. The number of fused-ring (bicyclic) bond motifs is 1. The first-order valence-electron chi connectivity index (χ1n) is 9.85. The van der Waals surface area contributed by atoms with Crippen molar-refractivity contribution in [1.82, 2.24) is 4.57 Å². The summed E-state index contributed by atoms with van der Waals surface area (Å²) in [5, 5.41) is 0. The molecule has 4 nitrogen and oxygen atoms in total. The molecule has 4 aromatic rings. The molecule has 0 saturated heterocycles. The van der Waals surface area contributed by atoms with Crippen molar-refractivity contribution >= 4 is 0 Å². The van der Waals surface area contributed by atoms with Crippen molar-refractivity contribution in [2.24, 2.45) is 0 Å². The summed E-state index contributed by atoms with van der Waals surface area (Å²) >= 11 is 0. The number of ether oxygens (including phenoxy) is 2. The van der Waals surface area contributed by atoms with Crippen LogP contribution in [0.5, 0.6) is 5.75 Å². The minimum Gasteiger partial charge on any atom is -0.497 e. The quantitative estimate of drug-likeness (QED) is 0.480. The summed E-state index contributed by atoms with van der Waals surface area (Å²) in [4.78, 5) is 0. The Morgan fingerprint density at radius 2 is 1.52 bits per heavy atom. The second kappa shape index (κ2) is 7.57. The van der Waals surface area contributed by atoms with Crippen molar-refractivity contribution in [3.8, 4) is 33.8 Å². The molecule has 4 heteroatoms. The molecule has 5 rings (SSSR count). The van der Waals surface area contributed by atoms with Gasteiger partial charge in [-0.3, -0.25) is 0 Å². The third-order valence-electron chi connectivity index (χ3n) is 5.46. The highest BCUT2D eigenvalue weighted by Gasteiger charge is 2.28. The second-order valence-corrected chi connectivity index (χ2v) is 7.15. The van der Waals surface area contributed by atoms with E-state index in [0.29, 0.717) is 6.61 Å². The van der Waals surface area contributed by atoms with Crippen LogP contribution in [-0.2, 0) is 17.9 Å². The topological polar surface area (TPSA) is 27.3 Å². The van der Waals surface area contributed by atoms with Gasteiger partial charge in [-0.2, -0.15) is 4.57 Å². The third kappa shape index (κ3) is 3.32. The Kier molecular flexibility index (Phi) is 4.62. The Labute approximate surface area is 170 Å². The van der Waals surface area contributed by atoms with Crippen LogP contribution >= 0.6 is 0 Å². The van der Waals surface area contributed by atoms with Crippen LogP contribution in [0.15, 0.2) is 85.1 Å². The summed E-state index contributed by atoms with van der Waals surface area (Å²) in [5.74, 6) is 2.01. The number of hydrogen-bond donors (Lipinski definition) is 0. The SMILES string of the molecule is COc1ccc(-n2cc(-c3ccc(-c4ccccc4)cc3)[n+]3c2COCC3)cc1. The largest absolute Gasteiger partial charge is 0.497 e. The van der Waals surface area contributed by atoms with Gasteiger partial charge in [0, 0.05) is 5.56 Å². The van der Waals surface area contributed by atoms with Crippen molar-refractivity contribution in [2.75, 3.05) is 13.7 Å². The van der Waals surface area contributed by atoms with Gasteiger partial charge in [-0.15, -0.1) is 0 Å². The normalized spacial score (nSPS) is 13.1. The lowest BCUT2D eigenvalue weighted by atomic mass is 10.0. The van der Waals surface area contributed by atoms with E-state index in [2.05, 4.69) is 76.0 Å². The van der Waals surface area contributed by atoms with Crippen LogP contribution in [-0.4, -0.2) is 18.3 Å². The first kappa shape index (κ1) is 17.7. The van der Waals surface area contributed by atoms with Crippen LogP contribution in [0.2, 0.25) is 0 Å². The highest BCUT2D eigenvalue weighted by molar-refractivity contribution is 5.68. The van der Waals surface area contributed by atoms with Crippen LogP contribution in [0.1, 0.15) is 5.82 Å². The summed E-state index contributed by atoms with van der Waals surface area (Å²) in [5.41, 5.74) is 5.98. The minimum absolute atomic E-state index is 0.605. The average molecular weight is 383 g/mol. The van der Waals surface area contributed by atoms with E-state index >= 15 is 0 Å². The Morgan fingerprint density at radius 3 is 2.24 bits per heavy atom. The van der Waals surface area contributed by atoms with E-state index in [9.17, 15) is 0 Å². The Morgan fingerprint density at radius 1 is 0.828 bits per heavy atom. The van der Waals surface area contributed by atoms with Gasteiger partial charge < -0.3 is 9.47 Å². The van der Waals surface area contributed by atoms with Crippen molar-refractivity contribution in [3.05, 3.63) is 90.9 Å². The highest BCUT2D eigenvalue weighted by Crippen LogP contribution is 2.26. The van der Waals surface area contributed by atoms with Crippen LogP contribution in [0.3, 0.4) is 0 Å². The van der Waals surface area contributed by atoms with Crippen molar-refractivity contribution in [1.29, 1.82) is 0 Å². The van der Waals surface area contributed by atoms with Gasteiger partial charge in [0.2, 0.25) is 0 Å². The number of nitrogens with zero attached hydrogens (tertiary/aromatic N) is 2. The molecule has 0 radical (unpaired) electrons. The molecule has 0 N–H and O–H groups in total. The molecule has 29 heavy (non-hydrogen) atoms. The average Bonchev–Trinajstić information content (AvgIpc) is 3.20. The summed E-state index contributed by atoms with van der Waals surface area (Å²) in [6, 6.07) is 27.4.